The van der Waals surface area contributed by atoms with Crippen molar-refractivity contribution in [3.63, 3.8) is 0 Å². The number of carbonyl (C=O) groups is 3. The van der Waals surface area contributed by atoms with Gasteiger partial charge in [-0.25, -0.2) is 14.6 Å². The van der Waals surface area contributed by atoms with Crippen LogP contribution in [-0.4, -0.2) is 71.1 Å². The Kier molecular flexibility index (Phi) is 7.98. The number of pyridine rings is 2. The van der Waals surface area contributed by atoms with Crippen LogP contribution in [0.25, 0.3) is 10.9 Å². The van der Waals surface area contributed by atoms with E-state index in [-0.39, 0.29) is 48.4 Å². The average molecular weight is 640 g/mol. The van der Waals surface area contributed by atoms with Gasteiger partial charge in [-0.05, 0) is 66.3 Å². The molecule has 2 aromatic carbocycles. The standard InChI is InChI=1S/C34H33N5O8/c1-45-24-8-2-20(3-9-24)18-38-31(41)19-46-27-11-12-29(36-32(27)38)39-25-10-7-23(17-28(25)47-34(39)44)35-14-15-37-26-16-22(33(42)43)5-4-21(26)6-13-30(37)40/h2-6,8-9,11-13,16,23,25,28,35H,7,10,14-15,17-19H2,1H3,(H,42,43)/t23-,25-,28-/m1/s1. The Labute approximate surface area is 269 Å². The highest BCUT2D eigenvalue weighted by Crippen LogP contribution is 2.39. The summed E-state index contributed by atoms with van der Waals surface area (Å²) in [6.45, 7) is 1.00. The van der Waals surface area contributed by atoms with E-state index in [1.165, 1.54) is 18.2 Å². The van der Waals surface area contributed by atoms with Gasteiger partial charge in [-0.2, -0.15) is 0 Å². The third kappa shape index (κ3) is 5.85. The number of amides is 2. The van der Waals surface area contributed by atoms with E-state index in [9.17, 15) is 24.3 Å². The van der Waals surface area contributed by atoms with E-state index < -0.39 is 12.1 Å². The highest BCUT2D eigenvalue weighted by atomic mass is 16.6. The molecule has 0 unspecified atom stereocenters. The van der Waals surface area contributed by atoms with Crippen LogP contribution in [0.2, 0.25) is 0 Å². The number of fused-ring (bicyclic) bond motifs is 3. The van der Waals surface area contributed by atoms with Crippen LogP contribution in [0.3, 0.4) is 0 Å². The molecule has 1 saturated carbocycles. The summed E-state index contributed by atoms with van der Waals surface area (Å²) < 4.78 is 18.3. The summed E-state index contributed by atoms with van der Waals surface area (Å²) in [5, 5.41) is 13.7. The van der Waals surface area contributed by atoms with E-state index >= 15 is 0 Å². The number of carboxylic acid groups (broad SMARTS) is 1. The molecule has 0 spiro atoms. The van der Waals surface area contributed by atoms with Gasteiger partial charge in [-0.1, -0.05) is 18.2 Å². The Balaban J connectivity index is 1.03. The molecule has 4 heterocycles. The number of rotatable bonds is 9. The summed E-state index contributed by atoms with van der Waals surface area (Å²) >= 11 is 0. The van der Waals surface area contributed by atoms with Crippen molar-refractivity contribution in [3.05, 3.63) is 88.2 Å². The van der Waals surface area contributed by atoms with Crippen molar-refractivity contribution in [2.75, 3.05) is 30.1 Å². The number of methoxy groups -OCH3 is 1. The van der Waals surface area contributed by atoms with Crippen molar-refractivity contribution in [2.45, 2.75) is 50.5 Å². The van der Waals surface area contributed by atoms with Crippen LogP contribution in [0.15, 0.2) is 71.5 Å². The molecule has 2 N–H and O–H groups in total. The number of aromatic nitrogens is 2. The second-order valence-electron chi connectivity index (χ2n) is 11.8. The summed E-state index contributed by atoms with van der Waals surface area (Å²) in [4.78, 5) is 58.2. The highest BCUT2D eigenvalue weighted by Gasteiger charge is 2.47. The van der Waals surface area contributed by atoms with Crippen molar-refractivity contribution < 1.29 is 33.7 Å². The summed E-state index contributed by atoms with van der Waals surface area (Å²) in [6.07, 6.45) is 1.15. The average Bonchev–Trinajstić information content (AvgIpc) is 3.41. The summed E-state index contributed by atoms with van der Waals surface area (Å²) in [5.41, 5.74) is 1.36. The Bertz CT molecular complexity index is 1930. The lowest BCUT2D eigenvalue weighted by Gasteiger charge is -2.34. The summed E-state index contributed by atoms with van der Waals surface area (Å²) in [6, 6.07) is 18.6. The Morgan fingerprint density at radius 3 is 2.64 bits per heavy atom. The monoisotopic (exact) mass is 639 g/mol. The van der Waals surface area contributed by atoms with Crippen molar-refractivity contribution in [1.82, 2.24) is 14.9 Å². The van der Waals surface area contributed by atoms with Gasteiger partial charge in [0.1, 0.15) is 17.7 Å². The van der Waals surface area contributed by atoms with Crippen LogP contribution in [0.1, 0.15) is 35.2 Å². The molecule has 13 heteroatoms. The minimum Gasteiger partial charge on any atom is -0.497 e. The fourth-order valence-electron chi connectivity index (χ4n) is 6.62. The van der Waals surface area contributed by atoms with Crippen molar-refractivity contribution in [2.24, 2.45) is 0 Å². The van der Waals surface area contributed by atoms with Crippen molar-refractivity contribution >= 4 is 40.5 Å². The molecule has 3 aliphatic rings. The fraction of sp³-hybridized carbons (Fsp3) is 0.324. The topological polar surface area (TPSA) is 153 Å². The van der Waals surface area contributed by atoms with Gasteiger partial charge in [0.2, 0.25) is 0 Å². The normalized spacial score (nSPS) is 20.4. The van der Waals surface area contributed by atoms with E-state index in [2.05, 4.69) is 5.32 Å². The highest BCUT2D eigenvalue weighted by molar-refractivity contribution is 5.97. The number of ether oxygens (including phenoxy) is 3. The predicted molar refractivity (Wildman–Crippen MR) is 171 cm³/mol. The van der Waals surface area contributed by atoms with Gasteiger partial charge in [0.25, 0.3) is 11.5 Å². The molecule has 2 aliphatic heterocycles. The van der Waals surface area contributed by atoms with Crippen LogP contribution < -0.4 is 30.1 Å². The molecule has 242 valence electrons. The molecule has 47 heavy (non-hydrogen) atoms. The summed E-state index contributed by atoms with van der Waals surface area (Å²) in [5.74, 6) is 0.624. The zero-order chi connectivity index (χ0) is 32.7. The first kappa shape index (κ1) is 30.2. The Hall–Kier alpha value is -5.43. The smallest absolute Gasteiger partial charge is 0.416 e. The molecule has 2 aromatic heterocycles. The molecule has 1 aliphatic carbocycles. The van der Waals surface area contributed by atoms with Crippen LogP contribution in [0.4, 0.5) is 16.4 Å². The molecular weight excluding hydrogens is 606 g/mol. The molecule has 0 radical (unpaired) electrons. The number of nitrogens with one attached hydrogen (secondary N) is 1. The maximum absolute atomic E-state index is 13.2. The molecule has 13 nitrogen and oxygen atoms in total. The second-order valence-corrected chi connectivity index (χ2v) is 11.8. The number of carboxylic acids is 1. The van der Waals surface area contributed by atoms with Crippen LogP contribution in [-0.2, 0) is 22.6 Å². The first-order valence-corrected chi connectivity index (χ1v) is 15.5. The van der Waals surface area contributed by atoms with Gasteiger partial charge >= 0.3 is 12.1 Å². The molecule has 1 saturated heterocycles. The first-order valence-electron chi connectivity index (χ1n) is 15.5. The number of hydrogen-bond donors (Lipinski definition) is 2. The van der Waals surface area contributed by atoms with E-state index in [0.717, 1.165) is 17.4 Å². The third-order valence-corrected chi connectivity index (χ3v) is 9.02. The number of hydrogen-bond acceptors (Lipinski definition) is 9. The minimum absolute atomic E-state index is 0.0479. The molecule has 2 amide bonds. The molecular formula is C34H33N5O8. The Morgan fingerprint density at radius 1 is 1.04 bits per heavy atom. The number of anilines is 2. The SMILES string of the molecule is COc1ccc(CN2C(=O)COc3ccc(N4C(=O)O[C@@H]5C[C@H](NCCn6c(=O)ccc7ccc(C(=O)O)cc76)CC[C@H]54)nc32)cc1. The maximum atomic E-state index is 13.2. The van der Waals surface area contributed by atoms with Crippen LogP contribution in [0, 0.1) is 0 Å². The van der Waals surface area contributed by atoms with E-state index in [1.54, 1.807) is 45.7 Å². The second kappa shape index (κ2) is 12.4. The van der Waals surface area contributed by atoms with Gasteiger partial charge in [0, 0.05) is 31.6 Å². The summed E-state index contributed by atoms with van der Waals surface area (Å²) in [7, 11) is 1.59. The predicted octanol–water partition coefficient (Wildman–Crippen LogP) is 3.57. The first-order chi connectivity index (χ1) is 22.8. The van der Waals surface area contributed by atoms with Crippen LogP contribution in [0.5, 0.6) is 11.5 Å². The van der Waals surface area contributed by atoms with Gasteiger partial charge in [0.15, 0.2) is 18.2 Å². The lowest BCUT2D eigenvalue weighted by atomic mass is 9.88. The van der Waals surface area contributed by atoms with Gasteiger partial charge in [-0.3, -0.25) is 19.4 Å². The molecule has 2 fully saturated rings. The van der Waals surface area contributed by atoms with E-state index in [4.69, 9.17) is 19.2 Å². The molecule has 0 bridgehead atoms. The van der Waals surface area contributed by atoms with Crippen LogP contribution >= 0.6 is 0 Å². The zero-order valence-corrected chi connectivity index (χ0v) is 25.6. The largest absolute Gasteiger partial charge is 0.497 e. The zero-order valence-electron chi connectivity index (χ0n) is 25.6. The number of aromatic carboxylic acids is 1. The van der Waals surface area contributed by atoms with Gasteiger partial charge in [-0.15, -0.1) is 0 Å². The van der Waals surface area contributed by atoms with E-state index in [1.807, 2.05) is 24.3 Å². The Morgan fingerprint density at radius 2 is 1.85 bits per heavy atom. The van der Waals surface area contributed by atoms with Crippen molar-refractivity contribution in [1.29, 1.82) is 0 Å². The van der Waals surface area contributed by atoms with Gasteiger partial charge in [0.05, 0.1) is 30.8 Å². The molecule has 7 rings (SSSR count). The number of benzene rings is 2. The minimum atomic E-state index is -1.05. The fourth-order valence-corrected chi connectivity index (χ4v) is 6.62. The number of carbonyl (C=O) groups excluding carboxylic acids is 2. The van der Waals surface area contributed by atoms with Gasteiger partial charge < -0.3 is 29.2 Å². The maximum Gasteiger partial charge on any atom is 0.416 e. The van der Waals surface area contributed by atoms with Crippen molar-refractivity contribution in [3.8, 4) is 11.5 Å². The lowest BCUT2D eigenvalue weighted by molar-refractivity contribution is -0.121. The quantitative estimate of drug-likeness (QED) is 0.278. The molecule has 3 atom stereocenters. The molecule has 4 aromatic rings. The number of nitrogens with zero attached hydrogens (tertiary/aromatic N) is 4. The lowest BCUT2D eigenvalue weighted by Crippen LogP contribution is -2.47. The third-order valence-electron chi connectivity index (χ3n) is 9.02. The van der Waals surface area contributed by atoms with E-state index in [0.29, 0.717) is 54.6 Å².